The first-order chi connectivity index (χ1) is 13.5. The van der Waals surface area contributed by atoms with E-state index in [0.29, 0.717) is 33.1 Å². The summed E-state index contributed by atoms with van der Waals surface area (Å²) in [5, 5.41) is 14.0. The molecule has 1 amide bonds. The predicted molar refractivity (Wildman–Crippen MR) is 102 cm³/mol. The number of benzene rings is 2. The Morgan fingerprint density at radius 2 is 1.68 bits per heavy atom. The van der Waals surface area contributed by atoms with Crippen molar-refractivity contribution in [3.63, 3.8) is 0 Å². The number of aryl methyl sites for hydroxylation is 1. The number of anilines is 1. The maximum Gasteiger partial charge on any atom is 0.237 e. The largest absolute Gasteiger partial charge is 0.325 e. The SMILES string of the molecule is CC(Sc1nnnn1C)C(=O)Nc1ccc2c(c1)C(=O)c1ccccc1C2=O. The van der Waals surface area contributed by atoms with Crippen molar-refractivity contribution in [2.24, 2.45) is 7.05 Å². The summed E-state index contributed by atoms with van der Waals surface area (Å²) in [4.78, 5) is 37.9. The van der Waals surface area contributed by atoms with Gasteiger partial charge in [-0.15, -0.1) is 5.10 Å². The molecule has 0 fully saturated rings. The van der Waals surface area contributed by atoms with Crippen LogP contribution in [0.4, 0.5) is 5.69 Å². The number of hydrogen-bond donors (Lipinski definition) is 1. The zero-order valence-electron chi connectivity index (χ0n) is 15.0. The molecule has 140 valence electrons. The maximum atomic E-state index is 12.8. The van der Waals surface area contributed by atoms with Gasteiger partial charge in [-0.05, 0) is 35.5 Å². The van der Waals surface area contributed by atoms with Gasteiger partial charge in [-0.25, -0.2) is 4.68 Å². The first kappa shape index (κ1) is 18.1. The van der Waals surface area contributed by atoms with Crippen molar-refractivity contribution in [2.45, 2.75) is 17.3 Å². The predicted octanol–water partition coefficient (Wildman–Crippen LogP) is 2.10. The molecule has 0 aliphatic heterocycles. The van der Waals surface area contributed by atoms with Crippen molar-refractivity contribution in [3.8, 4) is 0 Å². The third kappa shape index (κ3) is 3.09. The van der Waals surface area contributed by atoms with Gasteiger partial charge < -0.3 is 5.32 Å². The Hall–Kier alpha value is -3.33. The lowest BCUT2D eigenvalue weighted by Crippen LogP contribution is -2.24. The van der Waals surface area contributed by atoms with E-state index in [9.17, 15) is 14.4 Å². The lowest BCUT2D eigenvalue weighted by Gasteiger charge is -2.18. The van der Waals surface area contributed by atoms with Crippen molar-refractivity contribution >= 4 is 34.9 Å². The summed E-state index contributed by atoms with van der Waals surface area (Å²) in [6.07, 6.45) is 0. The van der Waals surface area contributed by atoms with Crippen molar-refractivity contribution in [1.82, 2.24) is 20.2 Å². The molecule has 0 spiro atoms. The summed E-state index contributed by atoms with van der Waals surface area (Å²) in [7, 11) is 1.69. The molecule has 1 aliphatic carbocycles. The molecule has 1 unspecified atom stereocenters. The van der Waals surface area contributed by atoms with E-state index in [0.717, 1.165) is 0 Å². The lowest BCUT2D eigenvalue weighted by atomic mass is 9.84. The van der Waals surface area contributed by atoms with Crippen LogP contribution in [0.5, 0.6) is 0 Å². The quantitative estimate of drug-likeness (QED) is 0.529. The molecule has 1 N–H and O–H groups in total. The molecule has 9 heteroatoms. The molecular formula is C19H15N5O3S. The number of fused-ring (bicyclic) bond motifs is 2. The van der Waals surface area contributed by atoms with Gasteiger partial charge in [0.05, 0.1) is 5.25 Å². The fourth-order valence-corrected chi connectivity index (χ4v) is 3.71. The van der Waals surface area contributed by atoms with Gasteiger partial charge in [0.25, 0.3) is 0 Å². The molecule has 0 bridgehead atoms. The van der Waals surface area contributed by atoms with Crippen LogP contribution in [0.2, 0.25) is 0 Å². The minimum Gasteiger partial charge on any atom is -0.325 e. The Labute approximate surface area is 164 Å². The number of nitrogens with zero attached hydrogens (tertiary/aromatic N) is 4. The highest BCUT2D eigenvalue weighted by Gasteiger charge is 2.29. The summed E-state index contributed by atoms with van der Waals surface area (Å²) in [5.41, 5.74) is 1.86. The number of thioether (sulfide) groups is 1. The molecule has 28 heavy (non-hydrogen) atoms. The number of hydrogen-bond acceptors (Lipinski definition) is 7. The van der Waals surface area contributed by atoms with E-state index < -0.39 is 5.25 Å². The monoisotopic (exact) mass is 393 g/mol. The Morgan fingerprint density at radius 3 is 2.32 bits per heavy atom. The van der Waals surface area contributed by atoms with Crippen LogP contribution in [-0.2, 0) is 11.8 Å². The molecule has 1 atom stereocenters. The van der Waals surface area contributed by atoms with E-state index in [1.807, 2.05) is 0 Å². The van der Waals surface area contributed by atoms with Gasteiger partial charge in [-0.2, -0.15) is 0 Å². The van der Waals surface area contributed by atoms with Crippen LogP contribution in [0, 0.1) is 0 Å². The summed E-state index contributed by atoms with van der Waals surface area (Å²) < 4.78 is 1.48. The van der Waals surface area contributed by atoms with Gasteiger partial charge in [0.15, 0.2) is 11.6 Å². The topological polar surface area (TPSA) is 107 Å². The second kappa shape index (κ2) is 7.01. The summed E-state index contributed by atoms with van der Waals surface area (Å²) in [6, 6.07) is 11.5. The summed E-state index contributed by atoms with van der Waals surface area (Å²) in [6.45, 7) is 1.73. The molecule has 8 nitrogen and oxygen atoms in total. The minimum absolute atomic E-state index is 0.193. The van der Waals surface area contributed by atoms with Crippen LogP contribution in [0.25, 0.3) is 0 Å². The number of carbonyl (C=O) groups excluding carboxylic acids is 3. The number of tetrazole rings is 1. The number of rotatable bonds is 4. The third-order valence-corrected chi connectivity index (χ3v) is 5.55. The maximum absolute atomic E-state index is 12.8. The van der Waals surface area contributed by atoms with Gasteiger partial charge in [-0.1, -0.05) is 36.0 Å². The van der Waals surface area contributed by atoms with Crippen molar-refractivity contribution in [3.05, 3.63) is 64.7 Å². The van der Waals surface area contributed by atoms with Crippen molar-refractivity contribution in [2.75, 3.05) is 5.32 Å². The second-order valence-corrected chi connectivity index (χ2v) is 7.61. The van der Waals surface area contributed by atoms with Crippen LogP contribution in [0.3, 0.4) is 0 Å². The Bertz CT molecular complexity index is 1120. The smallest absolute Gasteiger partial charge is 0.237 e. The number of ketones is 2. The molecule has 2 aromatic carbocycles. The number of carbonyl (C=O) groups is 3. The average molecular weight is 393 g/mol. The Kier molecular flexibility index (Phi) is 4.52. The van der Waals surface area contributed by atoms with E-state index in [1.54, 1.807) is 56.4 Å². The van der Waals surface area contributed by atoms with Gasteiger partial charge in [-0.3, -0.25) is 14.4 Å². The highest BCUT2D eigenvalue weighted by atomic mass is 32.2. The highest BCUT2D eigenvalue weighted by molar-refractivity contribution is 8.00. The van der Waals surface area contributed by atoms with Gasteiger partial charge >= 0.3 is 0 Å². The molecule has 0 saturated carbocycles. The highest BCUT2D eigenvalue weighted by Crippen LogP contribution is 2.29. The number of aromatic nitrogens is 4. The molecule has 1 aromatic heterocycles. The van der Waals surface area contributed by atoms with E-state index >= 15 is 0 Å². The van der Waals surface area contributed by atoms with Crippen molar-refractivity contribution < 1.29 is 14.4 Å². The van der Waals surface area contributed by atoms with Gasteiger partial charge in [0.2, 0.25) is 11.1 Å². The molecule has 0 radical (unpaired) electrons. The Balaban J connectivity index is 1.56. The molecular weight excluding hydrogens is 378 g/mol. The first-order valence-electron chi connectivity index (χ1n) is 8.48. The molecule has 4 rings (SSSR count). The Morgan fingerprint density at radius 1 is 1.04 bits per heavy atom. The van der Waals surface area contributed by atoms with Crippen LogP contribution in [0.1, 0.15) is 38.8 Å². The molecule has 3 aromatic rings. The minimum atomic E-state index is -0.459. The normalized spacial score (nSPS) is 13.6. The van der Waals surface area contributed by atoms with Crippen LogP contribution in [0.15, 0.2) is 47.6 Å². The fourth-order valence-electron chi connectivity index (χ4n) is 2.95. The second-order valence-electron chi connectivity index (χ2n) is 6.30. The molecule has 1 aliphatic rings. The van der Waals surface area contributed by atoms with Crippen LogP contribution in [-0.4, -0.2) is 42.9 Å². The van der Waals surface area contributed by atoms with Crippen molar-refractivity contribution in [1.29, 1.82) is 0 Å². The molecule has 1 heterocycles. The first-order valence-corrected chi connectivity index (χ1v) is 9.36. The van der Waals surface area contributed by atoms with Gasteiger partial charge in [0.1, 0.15) is 0 Å². The van der Waals surface area contributed by atoms with E-state index in [-0.39, 0.29) is 17.5 Å². The third-order valence-electron chi connectivity index (χ3n) is 4.43. The number of amides is 1. The zero-order valence-corrected chi connectivity index (χ0v) is 15.9. The van der Waals surface area contributed by atoms with E-state index in [1.165, 1.54) is 16.4 Å². The van der Waals surface area contributed by atoms with E-state index in [2.05, 4.69) is 20.8 Å². The standard InChI is InChI=1S/C19H15N5O3S/c1-10(28-19-21-22-23-24(19)2)18(27)20-11-7-8-14-15(9-11)17(26)13-6-4-3-5-12(13)16(14)25/h3-10H,1-2H3,(H,20,27). The fraction of sp³-hybridized carbons (Fsp3) is 0.158. The lowest BCUT2D eigenvalue weighted by molar-refractivity contribution is -0.115. The van der Waals surface area contributed by atoms with E-state index in [4.69, 9.17) is 0 Å². The van der Waals surface area contributed by atoms with Gasteiger partial charge in [0, 0.05) is 35.0 Å². The van der Waals surface area contributed by atoms with Crippen LogP contribution >= 0.6 is 11.8 Å². The summed E-state index contributed by atoms with van der Waals surface area (Å²) >= 11 is 1.22. The molecule has 0 saturated heterocycles. The summed E-state index contributed by atoms with van der Waals surface area (Å²) in [5.74, 6) is -0.682. The number of nitrogens with one attached hydrogen (secondary N) is 1. The van der Waals surface area contributed by atoms with Crippen LogP contribution < -0.4 is 5.32 Å². The zero-order chi connectivity index (χ0) is 19.8. The average Bonchev–Trinajstić information content (AvgIpc) is 3.10.